The molecule has 0 unspecified atom stereocenters. The van der Waals surface area contributed by atoms with Crippen molar-refractivity contribution in [3.63, 3.8) is 0 Å². The molecule has 0 radical (unpaired) electrons. The van der Waals surface area contributed by atoms with Crippen molar-refractivity contribution in [2.45, 2.75) is 98.4 Å². The highest BCUT2D eigenvalue weighted by atomic mass is 28.4. The van der Waals surface area contributed by atoms with Crippen molar-refractivity contribution in [1.82, 2.24) is 0 Å². The van der Waals surface area contributed by atoms with Crippen LogP contribution in [0.1, 0.15) is 81.6 Å². The lowest BCUT2D eigenvalue weighted by Crippen LogP contribution is -2.57. The van der Waals surface area contributed by atoms with Crippen LogP contribution in [-0.2, 0) is 13.3 Å². The molecule has 0 atom stereocenters. The van der Waals surface area contributed by atoms with Crippen molar-refractivity contribution in [3.05, 3.63) is 12.3 Å². The van der Waals surface area contributed by atoms with Gasteiger partial charge in [-0.05, 0) is 66.5 Å². The molecule has 0 aliphatic heterocycles. The molecule has 0 aromatic heterocycles. The highest BCUT2D eigenvalue weighted by Crippen LogP contribution is 2.32. The van der Waals surface area contributed by atoms with Gasteiger partial charge in [-0.1, -0.05) is 27.4 Å². The molecule has 0 amide bonds. The fourth-order valence-corrected chi connectivity index (χ4v) is 4.68. The highest BCUT2D eigenvalue weighted by molar-refractivity contribution is 6.66. The van der Waals surface area contributed by atoms with E-state index in [1.165, 1.54) is 0 Å². The average Bonchev–Trinajstić information content (AvgIpc) is 2.37. The van der Waals surface area contributed by atoms with Crippen LogP contribution in [0.25, 0.3) is 0 Å². The lowest BCUT2D eigenvalue weighted by atomic mass is 10.1. The number of hydrogen-bond acceptors (Lipinski definition) is 3. The summed E-state index contributed by atoms with van der Waals surface area (Å²) in [5, 5.41) is 0. The number of hydrogen-bond donors (Lipinski definition) is 0. The summed E-state index contributed by atoms with van der Waals surface area (Å²) in [7, 11) is -2.97. The summed E-state index contributed by atoms with van der Waals surface area (Å²) in [6.45, 7) is 22.7. The molecule has 0 spiro atoms. The third kappa shape index (κ3) is 7.09. The Morgan fingerprint density at radius 1 is 0.714 bits per heavy atom. The molecule has 0 aliphatic carbocycles. The van der Waals surface area contributed by atoms with Gasteiger partial charge in [-0.3, -0.25) is 0 Å². The second-order valence-corrected chi connectivity index (χ2v) is 9.68. The molecule has 126 valence electrons. The van der Waals surface area contributed by atoms with Crippen LogP contribution in [0.15, 0.2) is 12.3 Å². The first-order valence-corrected chi connectivity index (χ1v) is 9.91. The van der Waals surface area contributed by atoms with E-state index in [-0.39, 0.29) is 16.8 Å². The van der Waals surface area contributed by atoms with E-state index in [2.05, 4.69) is 68.9 Å². The van der Waals surface area contributed by atoms with Gasteiger partial charge in [-0.2, -0.15) is 0 Å². The summed E-state index contributed by atoms with van der Waals surface area (Å²) in [5.41, 5.74) is 0.884. The predicted octanol–water partition coefficient (Wildman–Crippen LogP) is 5.27. The fraction of sp³-hybridized carbons (Fsp3) is 0.882. The van der Waals surface area contributed by atoms with Crippen LogP contribution in [0, 0.1) is 0 Å². The molecule has 0 fully saturated rings. The maximum absolute atomic E-state index is 6.38. The molecule has 4 heteroatoms. The normalized spacial score (nSPS) is 14.3. The standard InChI is InChI=1S/C17H36O3Si/c1-11-15(5,6)18-21(14-4,19-16(7,8)12-2)20-17(9,10)13-3/h14H,4,11-13H2,1-3,5-10H3. The molecule has 0 heterocycles. The average molecular weight is 317 g/mol. The van der Waals surface area contributed by atoms with Crippen LogP contribution < -0.4 is 0 Å². The van der Waals surface area contributed by atoms with Crippen molar-refractivity contribution in [2.75, 3.05) is 0 Å². The first kappa shape index (κ1) is 20.8. The maximum atomic E-state index is 6.38. The van der Waals surface area contributed by atoms with E-state index in [0.717, 1.165) is 19.3 Å². The molecule has 0 aromatic rings. The SMILES string of the molecule is C=C[Si](OC(C)(C)CC)(OC(C)(C)CC)OC(C)(C)CC. The van der Waals surface area contributed by atoms with Gasteiger partial charge in [0.05, 0.1) is 16.8 Å². The summed E-state index contributed by atoms with van der Waals surface area (Å²) < 4.78 is 19.1. The Morgan fingerprint density at radius 2 is 0.952 bits per heavy atom. The van der Waals surface area contributed by atoms with Gasteiger partial charge in [0.2, 0.25) is 0 Å². The van der Waals surface area contributed by atoms with Gasteiger partial charge < -0.3 is 13.3 Å². The Hall–Kier alpha value is -0.163. The lowest BCUT2D eigenvalue weighted by molar-refractivity contribution is -0.0825. The molecule has 21 heavy (non-hydrogen) atoms. The van der Waals surface area contributed by atoms with Gasteiger partial charge in [0.15, 0.2) is 0 Å². The largest absolute Gasteiger partial charge is 0.530 e. The first-order chi connectivity index (χ1) is 9.36. The van der Waals surface area contributed by atoms with E-state index < -0.39 is 8.80 Å². The van der Waals surface area contributed by atoms with Crippen LogP contribution in [0.4, 0.5) is 0 Å². The van der Waals surface area contributed by atoms with E-state index in [1.54, 1.807) is 5.70 Å². The summed E-state index contributed by atoms with van der Waals surface area (Å²) >= 11 is 0. The van der Waals surface area contributed by atoms with Crippen LogP contribution in [0.3, 0.4) is 0 Å². The fourth-order valence-electron chi connectivity index (χ4n) is 1.56. The van der Waals surface area contributed by atoms with E-state index in [4.69, 9.17) is 13.3 Å². The maximum Gasteiger partial charge on any atom is 0.530 e. The highest BCUT2D eigenvalue weighted by Gasteiger charge is 2.49. The molecular formula is C17H36O3Si. The Balaban J connectivity index is 5.54. The van der Waals surface area contributed by atoms with E-state index in [9.17, 15) is 0 Å². The van der Waals surface area contributed by atoms with E-state index in [1.807, 2.05) is 0 Å². The smallest absolute Gasteiger partial charge is 0.365 e. The Labute approximate surface area is 133 Å². The molecule has 0 bridgehead atoms. The molecule has 0 aromatic carbocycles. The molecule has 0 N–H and O–H groups in total. The number of rotatable bonds is 10. The third-order valence-corrected chi connectivity index (χ3v) is 7.07. The van der Waals surface area contributed by atoms with Crippen LogP contribution >= 0.6 is 0 Å². The van der Waals surface area contributed by atoms with Crippen molar-refractivity contribution < 1.29 is 13.3 Å². The molecule has 0 aliphatic rings. The van der Waals surface area contributed by atoms with Crippen molar-refractivity contribution in [1.29, 1.82) is 0 Å². The van der Waals surface area contributed by atoms with Gasteiger partial charge in [-0.15, -0.1) is 0 Å². The molecule has 0 rings (SSSR count). The van der Waals surface area contributed by atoms with Crippen molar-refractivity contribution in [3.8, 4) is 0 Å². The zero-order chi connectivity index (χ0) is 16.9. The van der Waals surface area contributed by atoms with Crippen LogP contribution in [0.5, 0.6) is 0 Å². The molecular weight excluding hydrogens is 280 g/mol. The summed E-state index contributed by atoms with van der Waals surface area (Å²) in [6, 6.07) is 0. The summed E-state index contributed by atoms with van der Waals surface area (Å²) in [5.74, 6) is 0. The summed E-state index contributed by atoms with van der Waals surface area (Å²) in [6.07, 6.45) is 2.67. The monoisotopic (exact) mass is 316 g/mol. The minimum atomic E-state index is -2.97. The third-order valence-electron chi connectivity index (χ3n) is 4.06. The van der Waals surface area contributed by atoms with Crippen molar-refractivity contribution >= 4 is 8.80 Å². The van der Waals surface area contributed by atoms with Gasteiger partial charge in [-0.25, -0.2) is 0 Å². The second kappa shape index (κ2) is 7.40. The topological polar surface area (TPSA) is 27.7 Å². The van der Waals surface area contributed by atoms with Crippen LogP contribution in [-0.4, -0.2) is 25.6 Å². The van der Waals surface area contributed by atoms with Gasteiger partial charge in [0.25, 0.3) is 0 Å². The van der Waals surface area contributed by atoms with Crippen molar-refractivity contribution in [2.24, 2.45) is 0 Å². The lowest BCUT2D eigenvalue weighted by Gasteiger charge is -2.43. The predicted molar refractivity (Wildman–Crippen MR) is 92.3 cm³/mol. The Morgan fingerprint density at radius 3 is 1.10 bits per heavy atom. The van der Waals surface area contributed by atoms with Crippen LogP contribution in [0.2, 0.25) is 0 Å². The van der Waals surface area contributed by atoms with E-state index in [0.29, 0.717) is 0 Å². The molecule has 0 saturated heterocycles. The minimum absolute atomic E-state index is 0.298. The Bertz CT molecular complexity index is 289. The van der Waals surface area contributed by atoms with Gasteiger partial charge >= 0.3 is 8.80 Å². The molecule has 0 saturated carbocycles. The second-order valence-electron chi connectivity index (χ2n) is 7.45. The van der Waals surface area contributed by atoms with Gasteiger partial charge in [0.1, 0.15) is 0 Å². The zero-order valence-electron chi connectivity index (χ0n) is 15.6. The van der Waals surface area contributed by atoms with E-state index >= 15 is 0 Å². The first-order valence-electron chi connectivity index (χ1n) is 8.10. The zero-order valence-corrected chi connectivity index (χ0v) is 16.6. The molecule has 3 nitrogen and oxygen atoms in total. The summed E-state index contributed by atoms with van der Waals surface area (Å²) in [4.78, 5) is 0. The van der Waals surface area contributed by atoms with Gasteiger partial charge in [0, 0.05) is 0 Å². The minimum Gasteiger partial charge on any atom is -0.365 e. The Kier molecular flexibility index (Phi) is 7.34. The quantitative estimate of drug-likeness (QED) is 0.514.